The molecule has 0 atom stereocenters. The van der Waals surface area contributed by atoms with Gasteiger partial charge in [-0.1, -0.05) is 48.2 Å². The summed E-state index contributed by atoms with van der Waals surface area (Å²) in [5.41, 5.74) is 0.447. The van der Waals surface area contributed by atoms with Crippen LogP contribution in [0.4, 0.5) is 0 Å². The predicted octanol–water partition coefficient (Wildman–Crippen LogP) is 4.10. The fraction of sp³-hybridized carbons (Fsp3) is 0.333. The highest BCUT2D eigenvalue weighted by Gasteiger charge is 2.35. The number of rotatable bonds is 7. The molecule has 0 aliphatic heterocycles. The molecule has 1 aliphatic carbocycles. The van der Waals surface area contributed by atoms with E-state index in [0.717, 1.165) is 41.9 Å². The molecule has 1 aromatic carbocycles. The minimum absolute atomic E-state index is 0.134. The summed E-state index contributed by atoms with van der Waals surface area (Å²) in [4.78, 5) is 13.5. The Labute approximate surface area is 178 Å². The van der Waals surface area contributed by atoms with E-state index in [1.54, 1.807) is 11.3 Å². The summed E-state index contributed by atoms with van der Waals surface area (Å²) >= 11 is 2.97. The van der Waals surface area contributed by atoms with Crippen LogP contribution in [0, 0.1) is 11.3 Å². The van der Waals surface area contributed by atoms with Gasteiger partial charge in [-0.25, -0.2) is 0 Å². The second-order valence-corrected chi connectivity index (χ2v) is 8.98. The highest BCUT2D eigenvalue weighted by Crippen LogP contribution is 2.30. The maximum Gasteiger partial charge on any atom is 0.231 e. The highest BCUT2D eigenvalue weighted by molar-refractivity contribution is 7.99. The lowest BCUT2D eigenvalue weighted by molar-refractivity contribution is -0.119. The van der Waals surface area contributed by atoms with Crippen molar-refractivity contribution in [3.63, 3.8) is 0 Å². The van der Waals surface area contributed by atoms with Crippen LogP contribution >= 0.6 is 23.1 Å². The number of hydrogen-bond acceptors (Lipinski definition) is 6. The minimum Gasteiger partial charge on any atom is -0.337 e. The molecule has 1 N–H and O–H groups in total. The summed E-state index contributed by atoms with van der Waals surface area (Å²) in [6.45, 7) is 0.632. The molecule has 2 heterocycles. The molecule has 29 heavy (non-hydrogen) atoms. The van der Waals surface area contributed by atoms with Crippen molar-refractivity contribution >= 4 is 29.0 Å². The van der Waals surface area contributed by atoms with Crippen molar-refractivity contribution in [1.29, 1.82) is 5.26 Å². The van der Waals surface area contributed by atoms with Gasteiger partial charge in [-0.15, -0.1) is 21.5 Å². The fourth-order valence-corrected chi connectivity index (χ4v) is 5.02. The van der Waals surface area contributed by atoms with Crippen molar-refractivity contribution in [2.45, 2.75) is 42.9 Å². The van der Waals surface area contributed by atoms with Gasteiger partial charge in [0.15, 0.2) is 11.0 Å². The minimum atomic E-state index is -0.697. The van der Waals surface area contributed by atoms with Crippen LogP contribution in [0.3, 0.4) is 0 Å². The Morgan fingerprint density at radius 2 is 2.00 bits per heavy atom. The number of nitriles is 1. The molecule has 0 radical (unpaired) electrons. The second kappa shape index (κ2) is 8.80. The summed E-state index contributed by atoms with van der Waals surface area (Å²) in [6, 6.07) is 16.4. The molecule has 8 heteroatoms. The third-order valence-electron chi connectivity index (χ3n) is 5.02. The first-order valence-electron chi connectivity index (χ1n) is 9.55. The topological polar surface area (TPSA) is 83.6 Å². The molecule has 1 aliphatic rings. The predicted molar refractivity (Wildman–Crippen MR) is 115 cm³/mol. The summed E-state index contributed by atoms with van der Waals surface area (Å²) in [7, 11) is 0. The van der Waals surface area contributed by atoms with Crippen LogP contribution < -0.4 is 5.32 Å². The number of thioether (sulfide) groups is 1. The molecular formula is C21H21N5OS2. The molecular weight excluding hydrogens is 402 g/mol. The van der Waals surface area contributed by atoms with Crippen molar-refractivity contribution in [3.05, 3.63) is 53.4 Å². The lowest BCUT2D eigenvalue weighted by Gasteiger charge is -2.21. The van der Waals surface area contributed by atoms with Gasteiger partial charge in [-0.3, -0.25) is 9.36 Å². The van der Waals surface area contributed by atoms with Crippen molar-refractivity contribution < 1.29 is 4.79 Å². The van der Waals surface area contributed by atoms with Crippen LogP contribution in [-0.2, 0) is 11.3 Å². The number of nitrogens with zero attached hydrogens (tertiary/aromatic N) is 4. The Morgan fingerprint density at radius 3 is 2.69 bits per heavy atom. The molecule has 1 saturated carbocycles. The smallest absolute Gasteiger partial charge is 0.231 e. The number of hydrogen-bond donors (Lipinski definition) is 1. The van der Waals surface area contributed by atoms with Crippen LogP contribution in [0.15, 0.2) is 53.0 Å². The SMILES string of the molecule is N#CC1(NC(=O)CSc2nnc(-c3cccs3)n2Cc2ccccc2)CCCC1. The van der Waals surface area contributed by atoms with Gasteiger partial charge >= 0.3 is 0 Å². The van der Waals surface area contributed by atoms with E-state index in [0.29, 0.717) is 11.7 Å². The Morgan fingerprint density at radius 1 is 1.21 bits per heavy atom. The lowest BCUT2D eigenvalue weighted by Crippen LogP contribution is -2.45. The number of nitrogens with one attached hydrogen (secondary N) is 1. The maximum absolute atomic E-state index is 12.5. The van der Waals surface area contributed by atoms with E-state index in [-0.39, 0.29) is 11.7 Å². The Kier molecular flexibility index (Phi) is 5.97. The summed E-state index contributed by atoms with van der Waals surface area (Å²) in [5.74, 6) is 0.877. The summed E-state index contributed by atoms with van der Waals surface area (Å²) in [5, 5.41) is 23.9. The fourth-order valence-electron chi connectivity index (χ4n) is 3.57. The van der Waals surface area contributed by atoms with E-state index in [1.165, 1.54) is 11.8 Å². The largest absolute Gasteiger partial charge is 0.337 e. The van der Waals surface area contributed by atoms with Crippen LogP contribution in [0.2, 0.25) is 0 Å². The maximum atomic E-state index is 12.5. The van der Waals surface area contributed by atoms with E-state index in [2.05, 4.69) is 38.3 Å². The second-order valence-electron chi connectivity index (χ2n) is 7.09. The molecule has 0 spiro atoms. The van der Waals surface area contributed by atoms with E-state index in [1.807, 2.05) is 35.7 Å². The van der Waals surface area contributed by atoms with Crippen molar-refractivity contribution in [1.82, 2.24) is 20.1 Å². The van der Waals surface area contributed by atoms with Crippen molar-refractivity contribution in [2.75, 3.05) is 5.75 Å². The van der Waals surface area contributed by atoms with E-state index >= 15 is 0 Å². The van der Waals surface area contributed by atoms with Gasteiger partial charge in [0.1, 0.15) is 5.54 Å². The van der Waals surface area contributed by atoms with Crippen molar-refractivity contribution in [2.24, 2.45) is 0 Å². The van der Waals surface area contributed by atoms with Crippen LogP contribution in [0.25, 0.3) is 10.7 Å². The zero-order valence-corrected chi connectivity index (χ0v) is 17.5. The molecule has 0 saturated heterocycles. The van der Waals surface area contributed by atoms with Crippen LogP contribution in [0.5, 0.6) is 0 Å². The number of carbonyl (C=O) groups is 1. The van der Waals surface area contributed by atoms with E-state index < -0.39 is 5.54 Å². The average molecular weight is 424 g/mol. The van der Waals surface area contributed by atoms with Gasteiger partial charge in [0.05, 0.1) is 23.2 Å². The first kappa shape index (κ1) is 19.7. The molecule has 0 unspecified atom stereocenters. The monoisotopic (exact) mass is 423 g/mol. The molecule has 1 amide bonds. The highest BCUT2D eigenvalue weighted by atomic mass is 32.2. The van der Waals surface area contributed by atoms with E-state index in [9.17, 15) is 10.1 Å². The zero-order valence-electron chi connectivity index (χ0n) is 15.9. The quantitative estimate of drug-likeness (QED) is 0.579. The molecule has 1 fully saturated rings. The number of aromatic nitrogens is 3. The standard InChI is InChI=1S/C21H21N5OS2/c22-15-21(10-4-5-11-21)23-18(27)14-29-20-25-24-19(17-9-6-12-28-17)26(20)13-16-7-2-1-3-8-16/h1-3,6-9,12H,4-5,10-11,13-14H2,(H,23,27). The van der Waals surface area contributed by atoms with Crippen molar-refractivity contribution in [3.8, 4) is 16.8 Å². The van der Waals surface area contributed by atoms with Crippen LogP contribution in [-0.4, -0.2) is 32.0 Å². The first-order chi connectivity index (χ1) is 14.2. The van der Waals surface area contributed by atoms with Gasteiger partial charge in [-0.2, -0.15) is 5.26 Å². The summed E-state index contributed by atoms with van der Waals surface area (Å²) < 4.78 is 2.05. The summed E-state index contributed by atoms with van der Waals surface area (Å²) in [6.07, 6.45) is 3.42. The molecule has 0 bridgehead atoms. The number of carbonyl (C=O) groups excluding carboxylic acids is 1. The average Bonchev–Trinajstić information content (AvgIpc) is 3.49. The van der Waals surface area contributed by atoms with Crippen LogP contribution in [0.1, 0.15) is 31.2 Å². The van der Waals surface area contributed by atoms with Gasteiger partial charge in [0.25, 0.3) is 0 Å². The van der Waals surface area contributed by atoms with Gasteiger partial charge in [-0.05, 0) is 42.7 Å². The normalized spacial score (nSPS) is 15.1. The zero-order chi connectivity index (χ0) is 20.1. The van der Waals surface area contributed by atoms with Gasteiger partial charge in [0.2, 0.25) is 5.91 Å². The Hall–Kier alpha value is -2.63. The van der Waals surface area contributed by atoms with E-state index in [4.69, 9.17) is 0 Å². The Balaban J connectivity index is 1.51. The molecule has 3 aromatic rings. The molecule has 4 rings (SSSR count). The van der Waals surface area contributed by atoms with Gasteiger partial charge < -0.3 is 5.32 Å². The number of amides is 1. The molecule has 148 valence electrons. The first-order valence-corrected chi connectivity index (χ1v) is 11.4. The number of thiophene rings is 1. The lowest BCUT2D eigenvalue weighted by atomic mass is 10.0. The molecule has 2 aromatic heterocycles. The van der Waals surface area contributed by atoms with Gasteiger partial charge in [0, 0.05) is 0 Å². The third kappa shape index (κ3) is 4.52. The number of benzene rings is 1. The third-order valence-corrected chi connectivity index (χ3v) is 6.86. The molecule has 6 nitrogen and oxygen atoms in total. The Bertz CT molecular complexity index is 1000.